The molecular weight excluding hydrogens is 256 g/mol. The molecule has 0 spiro atoms. The van der Waals surface area contributed by atoms with Gasteiger partial charge in [-0.05, 0) is 67.9 Å². The van der Waals surface area contributed by atoms with Crippen molar-refractivity contribution in [1.82, 2.24) is 0 Å². The number of rotatable bonds is 3. The largest absolute Gasteiger partial charge is 0.189 e. The first-order valence-corrected chi connectivity index (χ1v) is 11.2. The van der Waals surface area contributed by atoms with E-state index in [9.17, 15) is 0 Å². The minimum absolute atomic E-state index is 0.601. The van der Waals surface area contributed by atoms with E-state index in [-0.39, 0.29) is 0 Å². The third kappa shape index (κ3) is 1.67. The van der Waals surface area contributed by atoms with E-state index in [4.69, 9.17) is 11.7 Å². The third-order valence-corrected chi connectivity index (χ3v) is 13.4. The standard InChI is InChI=1S/C16H28S2/c1-2-18(17,15-9-11-3-5-13(15)7-11)16-10-12-4-6-14(16)8-12/h11-17H,2-10H2,1H3. The van der Waals surface area contributed by atoms with Crippen LogP contribution in [0.5, 0.6) is 0 Å². The lowest BCUT2D eigenvalue weighted by molar-refractivity contribution is 0.466. The summed E-state index contributed by atoms with van der Waals surface area (Å²) in [6, 6.07) is 0. The Morgan fingerprint density at radius 1 is 0.833 bits per heavy atom. The van der Waals surface area contributed by atoms with Crippen molar-refractivity contribution in [2.45, 2.75) is 68.8 Å². The number of thiol groups is 1. The fraction of sp³-hybridized carbons (Fsp3) is 1.00. The first-order valence-electron chi connectivity index (χ1n) is 8.22. The van der Waals surface area contributed by atoms with Crippen LogP contribution < -0.4 is 0 Å². The first kappa shape index (κ1) is 12.4. The predicted octanol–water partition coefficient (Wildman–Crippen LogP) is 5.03. The number of hydrogen-bond acceptors (Lipinski definition) is 1. The van der Waals surface area contributed by atoms with Crippen molar-refractivity contribution in [2.75, 3.05) is 5.75 Å². The molecule has 0 N–H and O–H groups in total. The predicted molar refractivity (Wildman–Crippen MR) is 85.6 cm³/mol. The minimum Gasteiger partial charge on any atom is -0.189 e. The van der Waals surface area contributed by atoms with Crippen LogP contribution in [0.1, 0.15) is 58.3 Å². The zero-order valence-electron chi connectivity index (χ0n) is 11.7. The summed E-state index contributed by atoms with van der Waals surface area (Å²) >= 11 is 5.46. The van der Waals surface area contributed by atoms with E-state index in [2.05, 4.69) is 6.92 Å². The zero-order valence-corrected chi connectivity index (χ0v) is 13.4. The molecule has 0 saturated heterocycles. The Hall–Kier alpha value is 0.700. The van der Waals surface area contributed by atoms with Crippen LogP contribution in [0, 0.1) is 23.7 Å². The van der Waals surface area contributed by atoms with E-state index in [1.54, 1.807) is 51.4 Å². The highest BCUT2D eigenvalue weighted by Gasteiger charge is 2.53. The maximum absolute atomic E-state index is 5.46. The average molecular weight is 285 g/mol. The highest BCUT2D eigenvalue weighted by Crippen LogP contribution is 2.74. The van der Waals surface area contributed by atoms with Crippen LogP contribution >= 0.6 is 20.7 Å². The van der Waals surface area contributed by atoms with Gasteiger partial charge >= 0.3 is 0 Å². The van der Waals surface area contributed by atoms with Crippen LogP contribution in [0.4, 0.5) is 0 Å². The van der Waals surface area contributed by atoms with Crippen LogP contribution in [-0.4, -0.2) is 16.3 Å². The van der Waals surface area contributed by atoms with E-state index in [0.29, 0.717) is 0 Å². The lowest BCUT2D eigenvalue weighted by Gasteiger charge is -2.51. The van der Waals surface area contributed by atoms with Crippen LogP contribution in [0.15, 0.2) is 0 Å². The first-order chi connectivity index (χ1) is 8.70. The zero-order chi connectivity index (χ0) is 12.3. The summed E-state index contributed by atoms with van der Waals surface area (Å²) in [7, 11) is -0.601. The molecule has 0 amide bonds. The summed E-state index contributed by atoms with van der Waals surface area (Å²) in [5, 5.41) is 2.10. The summed E-state index contributed by atoms with van der Waals surface area (Å²) in [4.78, 5) is 0. The van der Waals surface area contributed by atoms with Gasteiger partial charge < -0.3 is 0 Å². The fourth-order valence-corrected chi connectivity index (χ4v) is 11.9. The van der Waals surface area contributed by atoms with Gasteiger partial charge in [-0.15, -0.1) is 11.7 Å². The Balaban J connectivity index is 1.59. The van der Waals surface area contributed by atoms with Gasteiger partial charge in [-0.25, -0.2) is 0 Å². The van der Waals surface area contributed by atoms with Crippen LogP contribution in [0.3, 0.4) is 0 Å². The quantitative estimate of drug-likeness (QED) is 0.545. The van der Waals surface area contributed by atoms with Crippen molar-refractivity contribution >= 4 is 20.7 Å². The SMILES string of the molecule is CCS(S)(C1CC2CCC1C2)C1CC2CCC1C2. The van der Waals surface area contributed by atoms with Crippen molar-refractivity contribution in [2.24, 2.45) is 23.7 Å². The van der Waals surface area contributed by atoms with Gasteiger partial charge in [0, 0.05) is 10.5 Å². The van der Waals surface area contributed by atoms with Crippen molar-refractivity contribution < 1.29 is 0 Å². The Kier molecular flexibility index (Phi) is 3.00. The Morgan fingerprint density at radius 2 is 1.33 bits per heavy atom. The van der Waals surface area contributed by atoms with Gasteiger partial charge in [-0.3, -0.25) is 0 Å². The van der Waals surface area contributed by atoms with E-state index in [1.807, 2.05) is 0 Å². The Bertz CT molecular complexity index is 312. The van der Waals surface area contributed by atoms with E-state index in [0.717, 1.165) is 34.2 Å². The van der Waals surface area contributed by atoms with Gasteiger partial charge in [0.15, 0.2) is 0 Å². The van der Waals surface area contributed by atoms with E-state index < -0.39 is 9.06 Å². The third-order valence-electron chi connectivity index (χ3n) is 6.86. The summed E-state index contributed by atoms with van der Waals surface area (Å²) < 4.78 is 0. The molecule has 4 rings (SSSR count). The molecule has 104 valence electrons. The maximum Gasteiger partial charge on any atom is 0.000468 e. The van der Waals surface area contributed by atoms with Gasteiger partial charge in [0.05, 0.1) is 0 Å². The van der Waals surface area contributed by atoms with Crippen molar-refractivity contribution in [3.8, 4) is 0 Å². The molecule has 18 heavy (non-hydrogen) atoms. The second-order valence-electron chi connectivity index (χ2n) is 7.52. The second kappa shape index (κ2) is 4.35. The molecule has 4 fully saturated rings. The molecule has 4 bridgehead atoms. The summed E-state index contributed by atoms with van der Waals surface area (Å²) in [5.41, 5.74) is 0. The summed E-state index contributed by atoms with van der Waals surface area (Å²) in [6.07, 6.45) is 12.4. The summed E-state index contributed by atoms with van der Waals surface area (Å²) in [6.45, 7) is 2.46. The maximum atomic E-state index is 5.46. The molecule has 0 aromatic rings. The highest BCUT2D eigenvalue weighted by atomic mass is 33.1. The van der Waals surface area contributed by atoms with Crippen molar-refractivity contribution in [1.29, 1.82) is 0 Å². The topological polar surface area (TPSA) is 0 Å². The van der Waals surface area contributed by atoms with Gasteiger partial charge in [-0.1, -0.05) is 19.8 Å². The van der Waals surface area contributed by atoms with Crippen molar-refractivity contribution in [3.63, 3.8) is 0 Å². The van der Waals surface area contributed by atoms with Gasteiger partial charge in [0.1, 0.15) is 0 Å². The molecule has 0 nitrogen and oxygen atoms in total. The molecule has 6 unspecified atom stereocenters. The van der Waals surface area contributed by atoms with Crippen LogP contribution in [0.2, 0.25) is 0 Å². The van der Waals surface area contributed by atoms with Gasteiger partial charge in [0.25, 0.3) is 0 Å². The molecule has 2 heteroatoms. The van der Waals surface area contributed by atoms with Crippen molar-refractivity contribution in [3.05, 3.63) is 0 Å². The Morgan fingerprint density at radius 3 is 1.61 bits per heavy atom. The molecule has 0 aromatic heterocycles. The molecule has 4 aliphatic rings. The molecular formula is C16H28S2. The molecule has 4 saturated carbocycles. The molecule has 0 aromatic carbocycles. The molecule has 0 heterocycles. The number of fused-ring (bicyclic) bond motifs is 4. The molecule has 4 aliphatic carbocycles. The minimum atomic E-state index is -0.601. The average Bonchev–Trinajstić information content (AvgIpc) is 3.15. The number of hydrogen-bond donors (Lipinski definition) is 1. The normalized spacial score (nSPS) is 54.8. The smallest absolute Gasteiger partial charge is 0.000468 e. The molecule has 0 radical (unpaired) electrons. The highest BCUT2D eigenvalue weighted by molar-refractivity contribution is 8.88. The Labute approximate surface area is 119 Å². The summed E-state index contributed by atoms with van der Waals surface area (Å²) in [5.74, 6) is 5.77. The lowest BCUT2D eigenvalue weighted by Crippen LogP contribution is -2.33. The van der Waals surface area contributed by atoms with Gasteiger partial charge in [0.2, 0.25) is 0 Å². The molecule has 6 atom stereocenters. The van der Waals surface area contributed by atoms with E-state index >= 15 is 0 Å². The fourth-order valence-electron chi connectivity index (χ4n) is 6.03. The second-order valence-corrected chi connectivity index (χ2v) is 13.0. The van der Waals surface area contributed by atoms with Gasteiger partial charge in [-0.2, -0.15) is 9.06 Å². The van der Waals surface area contributed by atoms with Crippen LogP contribution in [0.25, 0.3) is 0 Å². The van der Waals surface area contributed by atoms with Crippen LogP contribution in [-0.2, 0) is 0 Å². The molecule has 0 aliphatic heterocycles. The lowest BCUT2D eigenvalue weighted by atomic mass is 10.00. The van der Waals surface area contributed by atoms with E-state index in [1.165, 1.54) is 5.75 Å². The monoisotopic (exact) mass is 284 g/mol.